The molecule has 0 aromatic rings. The molecule has 34 heavy (non-hydrogen) atoms. The van der Waals surface area contributed by atoms with E-state index < -0.39 is 11.4 Å². The highest BCUT2D eigenvalue weighted by molar-refractivity contribution is 6.06. The molecule has 2 saturated carbocycles. The average molecular weight is 467 g/mol. The number of aliphatic hydroxyl groups excluding tert-OH is 1. The summed E-state index contributed by atoms with van der Waals surface area (Å²) < 4.78 is 0. The normalized spacial score (nSPS) is 40.1. The third kappa shape index (κ3) is 3.72. The zero-order chi connectivity index (χ0) is 25.1. The van der Waals surface area contributed by atoms with Crippen molar-refractivity contribution in [1.29, 1.82) is 0 Å². The van der Waals surface area contributed by atoms with Crippen LogP contribution < -0.4 is 0 Å². The smallest absolute Gasteiger partial charge is 0.309 e. The van der Waals surface area contributed by atoms with Crippen molar-refractivity contribution in [3.8, 4) is 0 Å². The van der Waals surface area contributed by atoms with Crippen LogP contribution in [0.5, 0.6) is 0 Å². The fraction of sp³-hybridized carbons (Fsp3) is 0.667. The van der Waals surface area contributed by atoms with E-state index >= 15 is 0 Å². The summed E-state index contributed by atoms with van der Waals surface area (Å²) in [5.74, 6) is -0.634. The standard InChI is InChI=1S/C30H42O4/c1-7-20-18-29(5,26(33)34)16-14-27(20,3)13-15-28(4)11-8-12-30(6)22-17-23(31)25(32)19(2)21(22)9-10-24(28)30/h9-10,17,20,32H,7-8,11-16,18H2,1-6H3,(H,33,34)/t20-,27+,28-,29-,30+/m1/s1. The molecule has 4 aliphatic carbocycles. The molecule has 2 N–H and O–H groups in total. The highest BCUT2D eigenvalue weighted by Crippen LogP contribution is 2.62. The molecule has 4 heteroatoms. The van der Waals surface area contributed by atoms with Gasteiger partial charge in [0.2, 0.25) is 5.78 Å². The van der Waals surface area contributed by atoms with Crippen molar-refractivity contribution in [2.45, 2.75) is 99.3 Å². The summed E-state index contributed by atoms with van der Waals surface area (Å²) in [6.45, 7) is 13.1. The number of ketones is 1. The minimum absolute atomic E-state index is 0.0465. The Morgan fingerprint density at radius 2 is 1.76 bits per heavy atom. The molecule has 0 aromatic carbocycles. The van der Waals surface area contributed by atoms with Gasteiger partial charge in [0, 0.05) is 11.0 Å². The van der Waals surface area contributed by atoms with Crippen LogP contribution in [-0.2, 0) is 9.59 Å². The van der Waals surface area contributed by atoms with Crippen LogP contribution >= 0.6 is 0 Å². The number of hydrogen-bond donors (Lipinski definition) is 2. The quantitative estimate of drug-likeness (QED) is 0.440. The zero-order valence-corrected chi connectivity index (χ0v) is 21.9. The third-order valence-corrected chi connectivity index (χ3v) is 10.4. The number of aliphatic carboxylic acids is 1. The maximum Gasteiger partial charge on any atom is 0.309 e. The Morgan fingerprint density at radius 3 is 2.41 bits per heavy atom. The molecule has 0 saturated heterocycles. The van der Waals surface area contributed by atoms with Gasteiger partial charge in [0.25, 0.3) is 0 Å². The maximum atomic E-state index is 12.5. The van der Waals surface area contributed by atoms with E-state index in [2.05, 4.69) is 39.8 Å². The lowest BCUT2D eigenvalue weighted by molar-refractivity contribution is -0.153. The van der Waals surface area contributed by atoms with Crippen molar-refractivity contribution >= 4 is 11.8 Å². The van der Waals surface area contributed by atoms with Crippen LogP contribution in [0.2, 0.25) is 0 Å². The Labute approximate surface area is 204 Å². The largest absolute Gasteiger partial charge is 0.504 e. The van der Waals surface area contributed by atoms with Gasteiger partial charge >= 0.3 is 5.97 Å². The monoisotopic (exact) mass is 466 g/mol. The summed E-state index contributed by atoms with van der Waals surface area (Å²) in [6.07, 6.45) is 15.0. The lowest BCUT2D eigenvalue weighted by Crippen LogP contribution is -2.44. The van der Waals surface area contributed by atoms with Crippen molar-refractivity contribution < 1.29 is 19.8 Å². The van der Waals surface area contributed by atoms with Crippen molar-refractivity contribution in [2.75, 3.05) is 0 Å². The number of rotatable bonds is 5. The number of carbonyl (C=O) groups is 2. The second kappa shape index (κ2) is 8.24. The molecular weight excluding hydrogens is 424 g/mol. The van der Waals surface area contributed by atoms with E-state index in [1.54, 1.807) is 6.08 Å². The molecule has 4 nitrogen and oxygen atoms in total. The molecule has 0 aliphatic heterocycles. The minimum atomic E-state index is -0.649. The maximum absolute atomic E-state index is 12.5. The van der Waals surface area contributed by atoms with Crippen LogP contribution in [0.3, 0.4) is 0 Å². The lowest BCUT2D eigenvalue weighted by atomic mass is 9.51. The van der Waals surface area contributed by atoms with Gasteiger partial charge in [0.15, 0.2) is 5.76 Å². The van der Waals surface area contributed by atoms with Gasteiger partial charge in [-0.05, 0) is 92.8 Å². The van der Waals surface area contributed by atoms with Gasteiger partial charge in [-0.1, -0.05) is 58.3 Å². The van der Waals surface area contributed by atoms with E-state index in [-0.39, 0.29) is 27.8 Å². The van der Waals surface area contributed by atoms with Crippen molar-refractivity contribution in [3.63, 3.8) is 0 Å². The highest BCUT2D eigenvalue weighted by Gasteiger charge is 2.51. The van der Waals surface area contributed by atoms with Crippen molar-refractivity contribution in [3.05, 3.63) is 46.3 Å². The van der Waals surface area contributed by atoms with E-state index in [4.69, 9.17) is 0 Å². The number of hydrogen-bond acceptors (Lipinski definition) is 3. The SMILES string of the molecule is CC[C@@H]1C[C@](C)(C(=O)O)CC[C@]1(C)CC[C@@]1(C)CCC[C@@]2(C)C3=CC(=O)C(O)=C(C)C3=CC=C12. The van der Waals surface area contributed by atoms with Crippen LogP contribution in [-0.4, -0.2) is 22.0 Å². The van der Waals surface area contributed by atoms with Gasteiger partial charge in [-0.3, -0.25) is 9.59 Å². The Bertz CT molecular complexity index is 1040. The van der Waals surface area contributed by atoms with Crippen LogP contribution in [0, 0.1) is 27.6 Å². The number of fused-ring (bicyclic) bond motifs is 3. The first-order valence-corrected chi connectivity index (χ1v) is 13.1. The number of allylic oxidation sites excluding steroid dienone is 7. The Balaban J connectivity index is 1.62. The van der Waals surface area contributed by atoms with E-state index in [1.165, 1.54) is 5.57 Å². The van der Waals surface area contributed by atoms with Gasteiger partial charge in [0.1, 0.15) is 0 Å². The molecule has 0 bridgehead atoms. The van der Waals surface area contributed by atoms with E-state index in [9.17, 15) is 19.8 Å². The van der Waals surface area contributed by atoms with Gasteiger partial charge in [-0.25, -0.2) is 0 Å². The number of carboxylic acids is 1. The Kier molecular flexibility index (Phi) is 6.06. The molecule has 0 amide bonds. The van der Waals surface area contributed by atoms with E-state index in [0.717, 1.165) is 68.9 Å². The van der Waals surface area contributed by atoms with Gasteiger partial charge in [-0.2, -0.15) is 0 Å². The molecule has 5 atom stereocenters. The second-order valence-electron chi connectivity index (χ2n) is 12.6. The summed E-state index contributed by atoms with van der Waals surface area (Å²) in [5.41, 5.74) is 3.60. The molecule has 2 fully saturated rings. The van der Waals surface area contributed by atoms with Gasteiger partial charge < -0.3 is 10.2 Å². The molecular formula is C30H42O4. The summed E-state index contributed by atoms with van der Waals surface area (Å²) in [6, 6.07) is 0. The van der Waals surface area contributed by atoms with Crippen LogP contribution in [0.1, 0.15) is 99.3 Å². The van der Waals surface area contributed by atoms with Gasteiger partial charge in [-0.15, -0.1) is 0 Å². The molecule has 186 valence electrons. The van der Waals surface area contributed by atoms with Crippen LogP contribution in [0.25, 0.3) is 0 Å². The number of aliphatic hydroxyl groups is 1. The molecule has 4 aliphatic rings. The zero-order valence-electron chi connectivity index (χ0n) is 21.9. The first kappa shape index (κ1) is 25.0. The van der Waals surface area contributed by atoms with E-state index in [0.29, 0.717) is 11.5 Å². The predicted molar refractivity (Wildman–Crippen MR) is 135 cm³/mol. The molecule has 0 aromatic heterocycles. The minimum Gasteiger partial charge on any atom is -0.504 e. The van der Waals surface area contributed by atoms with Crippen molar-refractivity contribution in [1.82, 2.24) is 0 Å². The number of carboxylic acid groups (broad SMARTS) is 1. The van der Waals surface area contributed by atoms with Crippen molar-refractivity contribution in [2.24, 2.45) is 27.6 Å². The lowest BCUT2D eigenvalue weighted by Gasteiger charge is -2.53. The Hall–Kier alpha value is -2.10. The average Bonchev–Trinajstić information content (AvgIpc) is 2.78. The van der Waals surface area contributed by atoms with Crippen LogP contribution in [0.15, 0.2) is 46.3 Å². The molecule has 4 rings (SSSR count). The summed E-state index contributed by atoms with van der Waals surface area (Å²) in [7, 11) is 0. The Morgan fingerprint density at radius 1 is 1.06 bits per heavy atom. The molecule has 0 spiro atoms. The fourth-order valence-electron chi connectivity index (χ4n) is 7.70. The topological polar surface area (TPSA) is 74.6 Å². The van der Waals surface area contributed by atoms with Gasteiger partial charge in [0.05, 0.1) is 5.41 Å². The first-order valence-electron chi connectivity index (χ1n) is 13.1. The predicted octanol–water partition coefficient (Wildman–Crippen LogP) is 7.48. The molecule has 0 unspecified atom stereocenters. The summed E-state index contributed by atoms with van der Waals surface area (Å²) in [5, 5.41) is 20.0. The molecule has 0 radical (unpaired) electrons. The summed E-state index contributed by atoms with van der Waals surface area (Å²) >= 11 is 0. The fourth-order valence-corrected chi connectivity index (χ4v) is 7.70. The second-order valence-corrected chi connectivity index (χ2v) is 12.6. The number of carbonyl (C=O) groups excluding carboxylic acids is 1. The first-order chi connectivity index (χ1) is 15.8. The van der Waals surface area contributed by atoms with Crippen LogP contribution in [0.4, 0.5) is 0 Å². The third-order valence-electron chi connectivity index (χ3n) is 10.4. The molecule has 0 heterocycles. The highest BCUT2D eigenvalue weighted by atomic mass is 16.4. The van der Waals surface area contributed by atoms with E-state index in [1.807, 2.05) is 13.8 Å². The summed E-state index contributed by atoms with van der Waals surface area (Å²) in [4.78, 5) is 24.4.